The molecular weight excluding hydrogens is 304 g/mol. The van der Waals surface area contributed by atoms with Gasteiger partial charge < -0.3 is 20.5 Å². The van der Waals surface area contributed by atoms with E-state index < -0.39 is 0 Å². The Bertz CT molecular complexity index is 519. The minimum Gasteiger partial charge on any atom is -0.491 e. The van der Waals surface area contributed by atoms with E-state index in [4.69, 9.17) is 4.74 Å². The van der Waals surface area contributed by atoms with Crippen molar-refractivity contribution in [2.75, 3.05) is 19.7 Å². The highest BCUT2D eigenvalue weighted by molar-refractivity contribution is 5.73. The van der Waals surface area contributed by atoms with Gasteiger partial charge in [-0.2, -0.15) is 0 Å². The highest BCUT2D eigenvalue weighted by Gasteiger charge is 2.20. The van der Waals surface area contributed by atoms with Crippen molar-refractivity contribution in [3.8, 4) is 5.75 Å². The number of aliphatic hydroxyl groups excluding tert-OH is 1. The molecule has 0 radical (unpaired) electrons. The van der Waals surface area contributed by atoms with Crippen LogP contribution in [0.5, 0.6) is 5.75 Å². The molecule has 0 saturated heterocycles. The summed E-state index contributed by atoms with van der Waals surface area (Å²) in [4.78, 5) is 11.8. The number of amides is 2. The average Bonchev–Trinajstić information content (AvgIpc) is 2.57. The Morgan fingerprint density at radius 3 is 2.83 bits per heavy atom. The van der Waals surface area contributed by atoms with Crippen LogP contribution in [0.4, 0.5) is 4.79 Å². The van der Waals surface area contributed by atoms with Crippen molar-refractivity contribution in [1.29, 1.82) is 0 Å². The number of urea groups is 1. The first-order valence-corrected chi connectivity index (χ1v) is 8.97. The molecule has 2 rings (SSSR count). The van der Waals surface area contributed by atoms with E-state index in [2.05, 4.69) is 30.5 Å². The first-order chi connectivity index (χ1) is 11.6. The van der Waals surface area contributed by atoms with Crippen molar-refractivity contribution >= 4 is 6.03 Å². The molecule has 5 nitrogen and oxygen atoms in total. The summed E-state index contributed by atoms with van der Waals surface area (Å²) in [6.07, 6.45) is 3.58. The molecule has 0 aliphatic heterocycles. The summed E-state index contributed by atoms with van der Waals surface area (Å²) in [7, 11) is 0. The minimum absolute atomic E-state index is 0.171. The van der Waals surface area contributed by atoms with Gasteiger partial charge in [-0.05, 0) is 42.7 Å². The van der Waals surface area contributed by atoms with Gasteiger partial charge in [-0.15, -0.1) is 0 Å². The van der Waals surface area contributed by atoms with Crippen LogP contribution in [0.1, 0.15) is 51.0 Å². The van der Waals surface area contributed by atoms with E-state index in [9.17, 15) is 9.90 Å². The number of aliphatic hydroxyl groups is 1. The molecule has 1 aromatic rings. The maximum absolute atomic E-state index is 11.8. The Morgan fingerprint density at radius 2 is 2.08 bits per heavy atom. The van der Waals surface area contributed by atoms with E-state index in [0.717, 1.165) is 31.4 Å². The number of ether oxygens (including phenoxy) is 1. The Labute approximate surface area is 144 Å². The van der Waals surface area contributed by atoms with Crippen LogP contribution in [0.15, 0.2) is 24.3 Å². The molecule has 3 N–H and O–H groups in total. The van der Waals surface area contributed by atoms with E-state index in [-0.39, 0.29) is 12.1 Å². The van der Waals surface area contributed by atoms with Gasteiger partial charge in [0.15, 0.2) is 0 Å². The third-order valence-corrected chi connectivity index (χ3v) is 4.49. The van der Waals surface area contributed by atoms with Gasteiger partial charge in [0, 0.05) is 6.54 Å². The largest absolute Gasteiger partial charge is 0.491 e. The second-order valence-corrected chi connectivity index (χ2v) is 6.86. The number of hydrogen-bond donors (Lipinski definition) is 3. The number of hydrogen-bond acceptors (Lipinski definition) is 3. The molecule has 1 aliphatic carbocycles. The zero-order chi connectivity index (χ0) is 17.4. The Hall–Kier alpha value is -1.75. The van der Waals surface area contributed by atoms with Crippen molar-refractivity contribution in [3.05, 3.63) is 29.8 Å². The fourth-order valence-electron chi connectivity index (χ4n) is 3.16. The molecule has 0 heterocycles. The van der Waals surface area contributed by atoms with Crippen LogP contribution < -0.4 is 15.4 Å². The summed E-state index contributed by atoms with van der Waals surface area (Å²) in [5.41, 5.74) is 1.18. The minimum atomic E-state index is -0.206. The molecule has 0 spiro atoms. The molecule has 134 valence electrons. The van der Waals surface area contributed by atoms with Gasteiger partial charge in [0.05, 0.1) is 12.6 Å². The second-order valence-electron chi connectivity index (χ2n) is 6.86. The zero-order valence-corrected chi connectivity index (χ0v) is 14.8. The lowest BCUT2D eigenvalue weighted by Gasteiger charge is -2.25. The summed E-state index contributed by atoms with van der Waals surface area (Å²) in [5, 5.41) is 15.3. The van der Waals surface area contributed by atoms with E-state index in [1.54, 1.807) is 0 Å². The van der Waals surface area contributed by atoms with E-state index in [1.807, 2.05) is 18.2 Å². The van der Waals surface area contributed by atoms with Gasteiger partial charge in [-0.1, -0.05) is 38.5 Å². The van der Waals surface area contributed by atoms with Gasteiger partial charge >= 0.3 is 6.03 Å². The molecule has 1 saturated carbocycles. The lowest BCUT2D eigenvalue weighted by Crippen LogP contribution is -2.41. The first kappa shape index (κ1) is 18.6. The van der Waals surface area contributed by atoms with Crippen molar-refractivity contribution < 1.29 is 14.6 Å². The third-order valence-electron chi connectivity index (χ3n) is 4.49. The second kappa shape index (κ2) is 9.52. The fraction of sp³-hybridized carbons (Fsp3) is 0.632. The molecule has 2 unspecified atom stereocenters. The standard InChI is InChI=1S/C19H30N2O3/c1-14(2)17-8-3-4-9-18(17)24-11-10-20-19(23)21-13-15-6-5-7-16(22)12-15/h3-4,8-9,14-16,22H,5-7,10-13H2,1-2H3,(H2,20,21,23). The summed E-state index contributed by atoms with van der Waals surface area (Å²) in [5.74, 6) is 1.67. The van der Waals surface area contributed by atoms with Gasteiger partial charge in [0.2, 0.25) is 0 Å². The molecule has 0 aromatic heterocycles. The van der Waals surface area contributed by atoms with Crippen LogP contribution in [-0.2, 0) is 0 Å². The average molecular weight is 334 g/mol. The van der Waals surface area contributed by atoms with Crippen LogP contribution >= 0.6 is 0 Å². The summed E-state index contributed by atoms with van der Waals surface area (Å²) < 4.78 is 5.78. The maximum atomic E-state index is 11.8. The van der Waals surface area contributed by atoms with Crippen LogP contribution in [0.3, 0.4) is 0 Å². The summed E-state index contributed by atoms with van der Waals surface area (Å²) in [6, 6.07) is 7.83. The van der Waals surface area contributed by atoms with E-state index >= 15 is 0 Å². The monoisotopic (exact) mass is 334 g/mol. The van der Waals surface area contributed by atoms with Gasteiger partial charge in [0.1, 0.15) is 12.4 Å². The van der Waals surface area contributed by atoms with Gasteiger partial charge in [0.25, 0.3) is 0 Å². The Kier molecular flexibility index (Phi) is 7.37. The highest BCUT2D eigenvalue weighted by atomic mass is 16.5. The predicted octanol–water partition coefficient (Wildman–Crippen LogP) is 3.04. The molecule has 24 heavy (non-hydrogen) atoms. The van der Waals surface area contributed by atoms with Crippen LogP contribution in [0.2, 0.25) is 0 Å². The van der Waals surface area contributed by atoms with Crippen molar-refractivity contribution in [1.82, 2.24) is 10.6 Å². The molecular formula is C19H30N2O3. The molecule has 1 fully saturated rings. The molecule has 1 aliphatic rings. The predicted molar refractivity (Wildman–Crippen MR) is 95.4 cm³/mol. The fourth-order valence-corrected chi connectivity index (χ4v) is 3.16. The summed E-state index contributed by atoms with van der Waals surface area (Å²) >= 11 is 0. The molecule has 2 amide bonds. The van der Waals surface area contributed by atoms with Crippen molar-refractivity contribution in [2.24, 2.45) is 5.92 Å². The maximum Gasteiger partial charge on any atom is 0.314 e. The van der Waals surface area contributed by atoms with Gasteiger partial charge in [-0.25, -0.2) is 4.79 Å². The summed E-state index contributed by atoms with van der Waals surface area (Å²) in [6.45, 7) is 5.80. The number of carbonyl (C=O) groups is 1. The number of rotatable bonds is 7. The van der Waals surface area contributed by atoms with Gasteiger partial charge in [-0.3, -0.25) is 0 Å². The smallest absolute Gasteiger partial charge is 0.314 e. The quantitative estimate of drug-likeness (QED) is 0.671. The molecule has 5 heteroatoms. The van der Waals surface area contributed by atoms with Crippen LogP contribution in [0, 0.1) is 5.92 Å². The normalized spacial score (nSPS) is 20.7. The first-order valence-electron chi connectivity index (χ1n) is 8.97. The molecule has 2 atom stereocenters. The van der Waals surface area contributed by atoms with Crippen LogP contribution in [-0.4, -0.2) is 36.9 Å². The SMILES string of the molecule is CC(C)c1ccccc1OCCNC(=O)NCC1CCCC(O)C1. The van der Waals surface area contributed by atoms with Crippen molar-refractivity contribution in [2.45, 2.75) is 51.6 Å². The third kappa shape index (κ3) is 6.04. The molecule has 1 aromatic carbocycles. The Morgan fingerprint density at radius 1 is 1.29 bits per heavy atom. The number of para-hydroxylation sites is 1. The Balaban J connectivity index is 1.63. The molecule has 0 bridgehead atoms. The highest BCUT2D eigenvalue weighted by Crippen LogP contribution is 2.25. The lowest BCUT2D eigenvalue weighted by molar-refractivity contribution is 0.101. The van der Waals surface area contributed by atoms with Crippen LogP contribution in [0.25, 0.3) is 0 Å². The zero-order valence-electron chi connectivity index (χ0n) is 14.8. The van der Waals surface area contributed by atoms with Crippen molar-refractivity contribution in [3.63, 3.8) is 0 Å². The van der Waals surface area contributed by atoms with E-state index in [0.29, 0.717) is 31.5 Å². The number of carbonyl (C=O) groups excluding carboxylic acids is 1. The lowest BCUT2D eigenvalue weighted by atomic mass is 9.87. The van der Waals surface area contributed by atoms with E-state index in [1.165, 1.54) is 5.56 Å². The number of benzene rings is 1. The topological polar surface area (TPSA) is 70.6 Å². The number of nitrogens with one attached hydrogen (secondary N) is 2.